The first-order chi connectivity index (χ1) is 7.93. The summed E-state index contributed by atoms with van der Waals surface area (Å²) in [4.78, 5) is 11.7. The van der Waals surface area contributed by atoms with Gasteiger partial charge in [0.05, 0.1) is 6.04 Å². The van der Waals surface area contributed by atoms with Crippen LogP contribution < -0.4 is 11.1 Å². The third kappa shape index (κ3) is 8.46. The molecule has 4 nitrogen and oxygen atoms in total. The fraction of sp³-hybridized carbons (Fsp3) is 0.917. The molecule has 0 saturated carbocycles. The van der Waals surface area contributed by atoms with Crippen LogP contribution in [0, 0.1) is 5.41 Å². The van der Waals surface area contributed by atoms with E-state index in [1.165, 1.54) is 0 Å². The van der Waals surface area contributed by atoms with E-state index in [1.807, 2.05) is 6.26 Å². The lowest BCUT2D eigenvalue weighted by Crippen LogP contribution is -2.44. The predicted octanol–water partition coefficient (Wildman–Crippen LogP) is 0.982. The summed E-state index contributed by atoms with van der Waals surface area (Å²) in [6, 6.07) is -0.406. The summed E-state index contributed by atoms with van der Waals surface area (Å²) in [5, 5.41) is 11.7. The lowest BCUT2D eigenvalue weighted by atomic mass is 9.88. The van der Waals surface area contributed by atoms with Gasteiger partial charge in [0, 0.05) is 13.2 Å². The first-order valence-electron chi connectivity index (χ1n) is 6.06. The second-order valence-corrected chi connectivity index (χ2v) is 6.08. The van der Waals surface area contributed by atoms with Crippen molar-refractivity contribution in [2.24, 2.45) is 11.1 Å². The van der Waals surface area contributed by atoms with Crippen LogP contribution in [-0.2, 0) is 4.79 Å². The van der Waals surface area contributed by atoms with E-state index in [0.717, 1.165) is 18.6 Å². The van der Waals surface area contributed by atoms with Gasteiger partial charge in [0.15, 0.2) is 0 Å². The molecule has 0 aliphatic rings. The number of aliphatic hydroxyl groups is 1. The Labute approximate surface area is 109 Å². The molecule has 17 heavy (non-hydrogen) atoms. The third-order valence-corrected chi connectivity index (χ3v) is 3.37. The van der Waals surface area contributed by atoms with Crippen LogP contribution in [0.3, 0.4) is 0 Å². The molecule has 0 aromatic rings. The minimum atomic E-state index is -0.406. The second kappa shape index (κ2) is 8.78. The molecule has 0 bridgehead atoms. The van der Waals surface area contributed by atoms with Gasteiger partial charge in [0.1, 0.15) is 0 Å². The average Bonchev–Trinajstić information content (AvgIpc) is 2.30. The molecule has 0 radical (unpaired) electrons. The van der Waals surface area contributed by atoms with Gasteiger partial charge in [0.2, 0.25) is 5.91 Å². The standard InChI is InChI=1S/C12H26N2O2S/c1-12(2,6-4-7-15)9-14-11(16)10(13)5-8-17-3/h10,15H,4-9,13H2,1-3H3,(H,14,16). The van der Waals surface area contributed by atoms with Gasteiger partial charge in [-0.05, 0) is 36.7 Å². The Morgan fingerprint density at radius 1 is 1.53 bits per heavy atom. The zero-order valence-electron chi connectivity index (χ0n) is 11.2. The number of carbonyl (C=O) groups is 1. The summed E-state index contributed by atoms with van der Waals surface area (Å²) < 4.78 is 0. The number of hydrogen-bond donors (Lipinski definition) is 3. The van der Waals surface area contributed by atoms with Crippen molar-refractivity contribution in [3.8, 4) is 0 Å². The average molecular weight is 262 g/mol. The third-order valence-electron chi connectivity index (χ3n) is 2.72. The van der Waals surface area contributed by atoms with Crippen molar-refractivity contribution in [1.29, 1.82) is 0 Å². The Hall–Kier alpha value is -0.260. The highest BCUT2D eigenvalue weighted by atomic mass is 32.2. The van der Waals surface area contributed by atoms with Gasteiger partial charge in [0.25, 0.3) is 0 Å². The minimum absolute atomic E-state index is 0.0115. The van der Waals surface area contributed by atoms with E-state index in [9.17, 15) is 4.79 Å². The van der Waals surface area contributed by atoms with Gasteiger partial charge in [-0.1, -0.05) is 13.8 Å². The molecular weight excluding hydrogens is 236 g/mol. The van der Waals surface area contributed by atoms with Crippen LogP contribution in [0.5, 0.6) is 0 Å². The molecule has 1 unspecified atom stereocenters. The van der Waals surface area contributed by atoms with Crippen LogP contribution >= 0.6 is 11.8 Å². The van der Waals surface area contributed by atoms with Crippen LogP contribution in [0.4, 0.5) is 0 Å². The summed E-state index contributed by atoms with van der Waals surface area (Å²) in [6.45, 7) is 4.97. The molecule has 0 aromatic carbocycles. The fourth-order valence-corrected chi connectivity index (χ4v) is 1.97. The van der Waals surface area contributed by atoms with Crippen LogP contribution in [0.25, 0.3) is 0 Å². The maximum Gasteiger partial charge on any atom is 0.236 e. The number of nitrogens with two attached hydrogens (primary N) is 1. The van der Waals surface area contributed by atoms with Crippen LogP contribution in [0.15, 0.2) is 0 Å². The molecular formula is C12H26N2O2S. The zero-order chi connectivity index (χ0) is 13.3. The van der Waals surface area contributed by atoms with E-state index in [2.05, 4.69) is 19.2 Å². The summed E-state index contributed by atoms with van der Waals surface area (Å²) in [6.07, 6.45) is 4.37. The first-order valence-corrected chi connectivity index (χ1v) is 7.45. The Morgan fingerprint density at radius 2 is 2.18 bits per heavy atom. The van der Waals surface area contributed by atoms with E-state index < -0.39 is 6.04 Å². The SMILES string of the molecule is CSCCC(N)C(=O)NCC(C)(C)CCCO. The monoisotopic (exact) mass is 262 g/mol. The van der Waals surface area contributed by atoms with Gasteiger partial charge in [-0.15, -0.1) is 0 Å². The Kier molecular flexibility index (Phi) is 8.64. The zero-order valence-corrected chi connectivity index (χ0v) is 12.0. The summed E-state index contributed by atoms with van der Waals surface area (Å²) in [5.41, 5.74) is 5.78. The van der Waals surface area contributed by atoms with E-state index in [0.29, 0.717) is 13.0 Å². The van der Waals surface area contributed by atoms with E-state index >= 15 is 0 Å². The van der Waals surface area contributed by atoms with Crippen molar-refractivity contribution in [3.05, 3.63) is 0 Å². The maximum atomic E-state index is 11.7. The van der Waals surface area contributed by atoms with Crippen molar-refractivity contribution in [2.45, 2.75) is 39.2 Å². The van der Waals surface area contributed by atoms with Crippen molar-refractivity contribution in [3.63, 3.8) is 0 Å². The Balaban J connectivity index is 3.88. The number of aliphatic hydroxyl groups excluding tert-OH is 1. The van der Waals surface area contributed by atoms with Crippen LogP contribution in [0.1, 0.15) is 33.1 Å². The van der Waals surface area contributed by atoms with Crippen molar-refractivity contribution < 1.29 is 9.90 Å². The lowest BCUT2D eigenvalue weighted by molar-refractivity contribution is -0.122. The Bertz CT molecular complexity index is 223. The van der Waals surface area contributed by atoms with Crippen LogP contribution in [0.2, 0.25) is 0 Å². The maximum absolute atomic E-state index is 11.7. The number of amides is 1. The molecule has 0 rings (SSSR count). The molecule has 1 amide bonds. The number of carbonyl (C=O) groups excluding carboxylic acids is 1. The molecule has 0 aromatic heterocycles. The topological polar surface area (TPSA) is 75.4 Å². The fourth-order valence-electron chi connectivity index (χ4n) is 1.48. The van der Waals surface area contributed by atoms with E-state index in [1.54, 1.807) is 11.8 Å². The van der Waals surface area contributed by atoms with Gasteiger partial charge < -0.3 is 16.2 Å². The summed E-state index contributed by atoms with van der Waals surface area (Å²) >= 11 is 1.69. The molecule has 5 heteroatoms. The highest BCUT2D eigenvalue weighted by Crippen LogP contribution is 2.20. The van der Waals surface area contributed by atoms with E-state index in [-0.39, 0.29) is 17.9 Å². The lowest BCUT2D eigenvalue weighted by Gasteiger charge is -2.25. The molecule has 0 heterocycles. The molecule has 1 atom stereocenters. The predicted molar refractivity (Wildman–Crippen MR) is 74.1 cm³/mol. The minimum Gasteiger partial charge on any atom is -0.396 e. The summed E-state index contributed by atoms with van der Waals surface area (Å²) in [5.74, 6) is 0.832. The largest absolute Gasteiger partial charge is 0.396 e. The quantitative estimate of drug-likeness (QED) is 0.579. The van der Waals surface area contributed by atoms with Gasteiger partial charge >= 0.3 is 0 Å². The number of hydrogen-bond acceptors (Lipinski definition) is 4. The van der Waals surface area contributed by atoms with Crippen LogP contribution in [-0.4, -0.2) is 42.2 Å². The molecule has 102 valence electrons. The highest BCUT2D eigenvalue weighted by molar-refractivity contribution is 7.98. The molecule has 0 fully saturated rings. The van der Waals surface area contributed by atoms with Gasteiger partial charge in [-0.2, -0.15) is 11.8 Å². The number of rotatable bonds is 9. The number of nitrogens with one attached hydrogen (secondary N) is 1. The molecule has 0 spiro atoms. The Morgan fingerprint density at radius 3 is 2.71 bits per heavy atom. The smallest absolute Gasteiger partial charge is 0.236 e. The normalized spacial score (nSPS) is 13.5. The molecule has 0 saturated heterocycles. The molecule has 0 aliphatic heterocycles. The van der Waals surface area contributed by atoms with Crippen molar-refractivity contribution in [2.75, 3.05) is 25.2 Å². The molecule has 4 N–H and O–H groups in total. The summed E-state index contributed by atoms with van der Waals surface area (Å²) in [7, 11) is 0. The number of thioether (sulfide) groups is 1. The van der Waals surface area contributed by atoms with Crippen molar-refractivity contribution in [1.82, 2.24) is 5.32 Å². The van der Waals surface area contributed by atoms with E-state index in [4.69, 9.17) is 10.8 Å². The van der Waals surface area contributed by atoms with Gasteiger partial charge in [-0.25, -0.2) is 0 Å². The molecule has 0 aliphatic carbocycles. The van der Waals surface area contributed by atoms with Crippen molar-refractivity contribution >= 4 is 17.7 Å². The second-order valence-electron chi connectivity index (χ2n) is 5.10. The highest BCUT2D eigenvalue weighted by Gasteiger charge is 2.20. The van der Waals surface area contributed by atoms with Gasteiger partial charge in [-0.3, -0.25) is 4.79 Å². The first kappa shape index (κ1) is 16.7.